The van der Waals surface area contributed by atoms with Crippen LogP contribution in [0.1, 0.15) is 103 Å². The molecule has 4 amide bonds. The van der Waals surface area contributed by atoms with Gasteiger partial charge in [-0.25, -0.2) is 18.2 Å². The molecule has 1 saturated heterocycles. The van der Waals surface area contributed by atoms with E-state index in [1.54, 1.807) is 20.8 Å². The van der Waals surface area contributed by atoms with Crippen molar-refractivity contribution in [2.24, 2.45) is 5.92 Å². The number of allylic oxidation sites excluding steroid dienone is 1. The smallest absolute Gasteiger partial charge is 0.408 e. The highest BCUT2D eigenvalue weighted by Crippen LogP contribution is 2.46. The Balaban J connectivity index is 1.20. The number of alkyl carbamates (subject to hydrolysis) is 1. The van der Waals surface area contributed by atoms with Crippen LogP contribution in [0.2, 0.25) is 0 Å². The van der Waals surface area contributed by atoms with Gasteiger partial charge in [0.1, 0.15) is 29.3 Å². The van der Waals surface area contributed by atoms with Crippen molar-refractivity contribution in [1.82, 2.24) is 25.2 Å². The lowest BCUT2D eigenvalue weighted by Crippen LogP contribution is -2.58. The minimum absolute atomic E-state index is 0.0368. The van der Waals surface area contributed by atoms with E-state index in [-0.39, 0.29) is 19.4 Å². The lowest BCUT2D eigenvalue weighted by atomic mass is 9.92. The van der Waals surface area contributed by atoms with Crippen LogP contribution in [-0.2, 0) is 42.0 Å². The molecule has 14 heteroatoms. The van der Waals surface area contributed by atoms with Crippen LogP contribution in [0.4, 0.5) is 4.79 Å². The molecule has 3 aliphatic carbocycles. The maximum absolute atomic E-state index is 14.5. The van der Waals surface area contributed by atoms with E-state index < -0.39 is 74.3 Å². The van der Waals surface area contributed by atoms with Gasteiger partial charge in [-0.3, -0.25) is 19.1 Å². The normalized spacial score (nSPS) is 28.6. The molecule has 0 unspecified atom stereocenters. The number of carbonyl (C=O) groups is 4. The zero-order chi connectivity index (χ0) is 37.5. The summed E-state index contributed by atoms with van der Waals surface area (Å²) in [5.74, 6) is -1.78. The van der Waals surface area contributed by atoms with Crippen LogP contribution in [-0.4, -0.2) is 83.2 Å². The first-order valence-electron chi connectivity index (χ1n) is 19.2. The molecule has 2 saturated carbocycles. The van der Waals surface area contributed by atoms with Gasteiger partial charge in [-0.1, -0.05) is 43.2 Å². The van der Waals surface area contributed by atoms with E-state index in [1.807, 2.05) is 30.4 Å². The lowest BCUT2D eigenvalue weighted by Gasteiger charge is -2.30. The summed E-state index contributed by atoms with van der Waals surface area (Å²) >= 11 is 0. The minimum atomic E-state index is -3.88. The predicted molar refractivity (Wildman–Crippen MR) is 197 cm³/mol. The SMILES string of the molecule is CC(C)(C)OC(=O)N[C@H]1CCCCC/C=C\[C@@H]2C[C@@]2(C(=O)NS(=O)(=O)C2CC2)NC(=O)[C@@H]2C[C@@H](Oc3nc4c(c5ccccc35)CCCC4)CN2C1=O. The molecule has 3 heterocycles. The number of hydrogen-bond acceptors (Lipinski definition) is 9. The summed E-state index contributed by atoms with van der Waals surface area (Å²) in [5, 5.41) is 7.01. The van der Waals surface area contributed by atoms with Crippen LogP contribution in [0.5, 0.6) is 5.88 Å². The van der Waals surface area contributed by atoms with Gasteiger partial charge in [0.25, 0.3) is 5.91 Å². The molecule has 1 aromatic heterocycles. The average Bonchev–Trinajstić information content (AvgIpc) is 4.03. The van der Waals surface area contributed by atoms with E-state index in [0.717, 1.165) is 55.0 Å². The van der Waals surface area contributed by atoms with Gasteiger partial charge in [0, 0.05) is 23.4 Å². The quantitative estimate of drug-likeness (QED) is 0.363. The number of nitrogens with one attached hydrogen (secondary N) is 3. The fourth-order valence-corrected chi connectivity index (χ4v) is 9.33. The van der Waals surface area contributed by atoms with Crippen LogP contribution < -0.4 is 20.1 Å². The number of sulfonamides is 1. The summed E-state index contributed by atoms with van der Waals surface area (Å²) in [6.07, 6.45) is 11.0. The Hall–Kier alpha value is -4.20. The lowest BCUT2D eigenvalue weighted by molar-refractivity contribution is -0.141. The molecule has 5 atom stereocenters. The highest BCUT2D eigenvalue weighted by atomic mass is 32.2. The summed E-state index contributed by atoms with van der Waals surface area (Å²) < 4.78 is 40.1. The number of aryl methyl sites for hydroxylation is 2. The molecular formula is C39H51N5O8S. The monoisotopic (exact) mass is 749 g/mol. The average molecular weight is 750 g/mol. The molecular weight excluding hydrogens is 699 g/mol. The Bertz CT molecular complexity index is 1920. The van der Waals surface area contributed by atoms with E-state index in [1.165, 1.54) is 10.5 Å². The topological polar surface area (TPSA) is 173 Å². The van der Waals surface area contributed by atoms with E-state index in [9.17, 15) is 27.6 Å². The fraction of sp³-hybridized carbons (Fsp3) is 0.615. The van der Waals surface area contributed by atoms with Gasteiger partial charge in [0.15, 0.2) is 0 Å². The Morgan fingerprint density at radius 1 is 1.00 bits per heavy atom. The van der Waals surface area contributed by atoms with Crippen molar-refractivity contribution < 1.29 is 37.1 Å². The van der Waals surface area contributed by atoms with Gasteiger partial charge in [-0.15, -0.1) is 0 Å². The second-order valence-corrected chi connectivity index (χ2v) is 18.2. The van der Waals surface area contributed by atoms with E-state index in [4.69, 9.17) is 14.5 Å². The first kappa shape index (κ1) is 37.1. The fourth-order valence-electron chi connectivity index (χ4n) is 7.96. The van der Waals surface area contributed by atoms with Crippen molar-refractivity contribution in [3.8, 4) is 5.88 Å². The summed E-state index contributed by atoms with van der Waals surface area (Å²) in [5.41, 5.74) is -0.0468. The molecule has 0 bridgehead atoms. The van der Waals surface area contributed by atoms with E-state index in [2.05, 4.69) is 21.4 Å². The van der Waals surface area contributed by atoms with Crippen LogP contribution in [0.15, 0.2) is 36.4 Å². The molecule has 1 aromatic carbocycles. The number of benzene rings is 1. The first-order chi connectivity index (χ1) is 25.2. The predicted octanol–water partition coefficient (Wildman–Crippen LogP) is 4.36. The van der Waals surface area contributed by atoms with Crippen molar-refractivity contribution in [1.29, 1.82) is 0 Å². The van der Waals surface area contributed by atoms with Crippen LogP contribution in [0, 0.1) is 5.92 Å². The van der Waals surface area contributed by atoms with Gasteiger partial charge >= 0.3 is 6.09 Å². The molecule has 5 aliphatic rings. The highest BCUT2D eigenvalue weighted by molar-refractivity contribution is 7.91. The van der Waals surface area contributed by atoms with Crippen LogP contribution in [0.3, 0.4) is 0 Å². The zero-order valence-corrected chi connectivity index (χ0v) is 31.6. The molecule has 53 heavy (non-hydrogen) atoms. The number of fused-ring (bicyclic) bond motifs is 5. The molecule has 3 N–H and O–H groups in total. The number of nitrogens with zero attached hydrogens (tertiary/aromatic N) is 2. The molecule has 13 nitrogen and oxygen atoms in total. The maximum atomic E-state index is 14.5. The molecule has 7 rings (SSSR count). The number of rotatable bonds is 6. The number of carbonyl (C=O) groups excluding carboxylic acids is 4. The van der Waals surface area contributed by atoms with Crippen molar-refractivity contribution in [2.45, 2.75) is 139 Å². The largest absolute Gasteiger partial charge is 0.472 e. The van der Waals surface area contributed by atoms with Gasteiger partial charge in [-0.05, 0) is 102 Å². The van der Waals surface area contributed by atoms with Gasteiger partial charge in [0.2, 0.25) is 27.7 Å². The summed E-state index contributed by atoms with van der Waals surface area (Å²) in [6, 6.07) is 5.93. The van der Waals surface area contributed by atoms with Gasteiger partial charge in [-0.2, -0.15) is 0 Å². The number of amides is 4. The number of hydrogen-bond donors (Lipinski definition) is 3. The first-order valence-corrected chi connectivity index (χ1v) is 20.7. The Morgan fingerprint density at radius 3 is 2.51 bits per heavy atom. The summed E-state index contributed by atoms with van der Waals surface area (Å²) in [4.78, 5) is 62.1. The van der Waals surface area contributed by atoms with E-state index >= 15 is 0 Å². The van der Waals surface area contributed by atoms with Crippen molar-refractivity contribution in [2.75, 3.05) is 6.54 Å². The number of ether oxygens (including phenoxy) is 2. The maximum Gasteiger partial charge on any atom is 0.408 e. The highest BCUT2D eigenvalue weighted by Gasteiger charge is 2.62. The van der Waals surface area contributed by atoms with Crippen LogP contribution in [0.25, 0.3) is 10.8 Å². The molecule has 286 valence electrons. The molecule has 0 spiro atoms. The zero-order valence-electron chi connectivity index (χ0n) is 30.8. The summed E-state index contributed by atoms with van der Waals surface area (Å²) in [7, 11) is -3.88. The van der Waals surface area contributed by atoms with Crippen molar-refractivity contribution >= 4 is 44.6 Å². The number of aromatic nitrogens is 1. The number of pyridine rings is 1. The van der Waals surface area contributed by atoms with Crippen molar-refractivity contribution in [3.63, 3.8) is 0 Å². The third-order valence-electron chi connectivity index (χ3n) is 11.0. The van der Waals surface area contributed by atoms with Gasteiger partial charge in [0.05, 0.1) is 11.8 Å². The third kappa shape index (κ3) is 8.17. The van der Waals surface area contributed by atoms with Crippen LogP contribution >= 0.6 is 0 Å². The molecule has 2 aromatic rings. The third-order valence-corrected chi connectivity index (χ3v) is 12.8. The summed E-state index contributed by atoms with van der Waals surface area (Å²) in [6.45, 7) is 5.26. The Morgan fingerprint density at radius 2 is 1.75 bits per heavy atom. The Labute approximate surface area is 311 Å². The second kappa shape index (κ2) is 14.6. The van der Waals surface area contributed by atoms with E-state index in [0.29, 0.717) is 38.0 Å². The minimum Gasteiger partial charge on any atom is -0.472 e. The molecule has 0 radical (unpaired) electrons. The second-order valence-electron chi connectivity index (χ2n) is 16.3. The molecule has 3 fully saturated rings. The Kier molecular flexibility index (Phi) is 10.2. The van der Waals surface area contributed by atoms with Gasteiger partial charge < -0.3 is 25.0 Å². The standard InChI is InChI=1S/C39H51N5O8S/c1-38(2,3)52-37(48)41-31-18-8-6-4-5-7-13-24-22-39(24,36(47)43-53(49,50)26-19-20-26)42-33(45)32-21-25(23-44(32)35(31)46)51-34-29-16-10-9-14-27(29)28-15-11-12-17-30(28)40-34/h7,9-10,13-14,16,24-26,31-32H,4-6,8,11-12,15,17-23H2,1-3H3,(H,41,48)(H,42,45)(H,43,47)/b13-7-/t24-,25-,31+,32+,39-/m1/s1. The molecule has 2 aliphatic heterocycles. The van der Waals surface area contributed by atoms with Crippen molar-refractivity contribution in [3.05, 3.63) is 47.7 Å².